The minimum atomic E-state index is 0.221. The summed E-state index contributed by atoms with van der Waals surface area (Å²) in [6, 6.07) is 0. The molecule has 2 heteroatoms. The number of piperidine rings is 1. The van der Waals surface area contributed by atoms with Crippen LogP contribution in [-0.4, -0.2) is 30.1 Å². The highest BCUT2D eigenvalue weighted by molar-refractivity contribution is 5.01. The molecule has 76 valence electrons. The summed E-state index contributed by atoms with van der Waals surface area (Å²) in [5.74, 6) is 0.990. The molecule has 0 aromatic heterocycles. The minimum absolute atomic E-state index is 0.221. The van der Waals surface area contributed by atoms with Crippen molar-refractivity contribution in [2.24, 2.45) is 11.7 Å². The standard InChI is InChI=1S/C11H22N2/c1-2-10-3-7-13(8-4-10)9-11(12)5-6-11/h10H,2-9,12H2,1H3. The second kappa shape index (κ2) is 3.58. The highest BCUT2D eigenvalue weighted by atomic mass is 15.2. The average Bonchev–Trinajstić information content (AvgIpc) is 2.85. The van der Waals surface area contributed by atoms with Gasteiger partial charge < -0.3 is 10.6 Å². The monoisotopic (exact) mass is 182 g/mol. The van der Waals surface area contributed by atoms with Crippen molar-refractivity contribution in [3.8, 4) is 0 Å². The number of nitrogens with zero attached hydrogens (tertiary/aromatic N) is 1. The highest BCUT2D eigenvalue weighted by Crippen LogP contribution is 2.34. The van der Waals surface area contributed by atoms with Crippen LogP contribution in [0.25, 0.3) is 0 Å². The topological polar surface area (TPSA) is 29.3 Å². The van der Waals surface area contributed by atoms with Gasteiger partial charge in [-0.3, -0.25) is 0 Å². The lowest BCUT2D eigenvalue weighted by Crippen LogP contribution is -2.43. The Hall–Kier alpha value is -0.0800. The maximum Gasteiger partial charge on any atom is 0.0284 e. The van der Waals surface area contributed by atoms with E-state index in [4.69, 9.17) is 5.73 Å². The maximum atomic E-state index is 6.10. The van der Waals surface area contributed by atoms with Gasteiger partial charge in [-0.25, -0.2) is 0 Å². The van der Waals surface area contributed by atoms with Crippen molar-refractivity contribution >= 4 is 0 Å². The van der Waals surface area contributed by atoms with Crippen LogP contribution in [0.5, 0.6) is 0 Å². The lowest BCUT2D eigenvalue weighted by atomic mass is 9.94. The lowest BCUT2D eigenvalue weighted by molar-refractivity contribution is 0.169. The zero-order valence-electron chi connectivity index (χ0n) is 8.76. The van der Waals surface area contributed by atoms with Crippen LogP contribution in [-0.2, 0) is 0 Å². The van der Waals surface area contributed by atoms with E-state index in [-0.39, 0.29) is 5.54 Å². The summed E-state index contributed by atoms with van der Waals surface area (Å²) in [5, 5.41) is 0. The van der Waals surface area contributed by atoms with Crippen LogP contribution in [0.1, 0.15) is 39.0 Å². The molecule has 1 aliphatic heterocycles. The van der Waals surface area contributed by atoms with Crippen LogP contribution in [0.4, 0.5) is 0 Å². The lowest BCUT2D eigenvalue weighted by Gasteiger charge is -2.33. The van der Waals surface area contributed by atoms with E-state index >= 15 is 0 Å². The Balaban J connectivity index is 1.72. The van der Waals surface area contributed by atoms with Gasteiger partial charge in [0.25, 0.3) is 0 Å². The first kappa shape index (κ1) is 9.47. The molecule has 0 atom stereocenters. The zero-order valence-corrected chi connectivity index (χ0v) is 8.76. The third-order valence-corrected chi connectivity index (χ3v) is 3.72. The second-order valence-corrected chi connectivity index (χ2v) is 4.99. The molecule has 0 unspecified atom stereocenters. The quantitative estimate of drug-likeness (QED) is 0.718. The van der Waals surface area contributed by atoms with Gasteiger partial charge in [0.05, 0.1) is 0 Å². The molecule has 1 saturated heterocycles. The number of likely N-dealkylation sites (tertiary alicyclic amines) is 1. The molecule has 1 saturated carbocycles. The van der Waals surface area contributed by atoms with Crippen LogP contribution in [0.3, 0.4) is 0 Å². The van der Waals surface area contributed by atoms with Crippen molar-refractivity contribution in [3.63, 3.8) is 0 Å². The number of hydrogen-bond acceptors (Lipinski definition) is 2. The highest BCUT2D eigenvalue weighted by Gasteiger charge is 2.39. The molecule has 0 spiro atoms. The first-order chi connectivity index (χ1) is 6.22. The van der Waals surface area contributed by atoms with Crippen molar-refractivity contribution in [1.29, 1.82) is 0 Å². The normalized spacial score (nSPS) is 29.1. The molecule has 2 aliphatic rings. The van der Waals surface area contributed by atoms with Crippen molar-refractivity contribution in [2.45, 2.75) is 44.6 Å². The molecule has 13 heavy (non-hydrogen) atoms. The van der Waals surface area contributed by atoms with Crippen LogP contribution in [0, 0.1) is 5.92 Å². The van der Waals surface area contributed by atoms with Crippen LogP contribution in [0.2, 0.25) is 0 Å². The molecular weight excluding hydrogens is 160 g/mol. The summed E-state index contributed by atoms with van der Waals surface area (Å²) in [6.07, 6.45) is 6.65. The number of rotatable bonds is 3. The zero-order chi connectivity index (χ0) is 9.31. The summed E-state index contributed by atoms with van der Waals surface area (Å²) in [4.78, 5) is 2.57. The fraction of sp³-hybridized carbons (Fsp3) is 1.00. The fourth-order valence-electron chi connectivity index (χ4n) is 2.32. The molecule has 0 amide bonds. The third-order valence-electron chi connectivity index (χ3n) is 3.72. The van der Waals surface area contributed by atoms with E-state index in [1.54, 1.807) is 0 Å². The van der Waals surface area contributed by atoms with Gasteiger partial charge in [0.1, 0.15) is 0 Å². The van der Waals surface area contributed by atoms with Gasteiger partial charge >= 0.3 is 0 Å². The van der Waals surface area contributed by atoms with E-state index in [9.17, 15) is 0 Å². The molecule has 1 heterocycles. The molecule has 0 aromatic rings. The molecule has 2 fully saturated rings. The molecule has 2 N–H and O–H groups in total. The van der Waals surface area contributed by atoms with Crippen molar-refractivity contribution in [1.82, 2.24) is 4.90 Å². The Labute approximate surface area is 81.5 Å². The second-order valence-electron chi connectivity index (χ2n) is 4.99. The molecule has 1 aliphatic carbocycles. The van der Waals surface area contributed by atoms with Crippen molar-refractivity contribution in [3.05, 3.63) is 0 Å². The van der Waals surface area contributed by atoms with Gasteiger partial charge in [0.15, 0.2) is 0 Å². The first-order valence-corrected chi connectivity index (χ1v) is 5.73. The Bertz CT molecular complexity index is 167. The van der Waals surface area contributed by atoms with E-state index in [1.165, 1.54) is 45.2 Å². The summed E-state index contributed by atoms with van der Waals surface area (Å²) >= 11 is 0. The summed E-state index contributed by atoms with van der Waals surface area (Å²) in [7, 11) is 0. The fourth-order valence-corrected chi connectivity index (χ4v) is 2.32. The SMILES string of the molecule is CCC1CCN(CC2(N)CC2)CC1. The van der Waals surface area contributed by atoms with E-state index in [1.807, 2.05) is 0 Å². The van der Waals surface area contributed by atoms with Crippen molar-refractivity contribution in [2.75, 3.05) is 19.6 Å². The first-order valence-electron chi connectivity index (χ1n) is 5.73. The van der Waals surface area contributed by atoms with E-state index in [0.29, 0.717) is 0 Å². The smallest absolute Gasteiger partial charge is 0.0284 e. The number of hydrogen-bond donors (Lipinski definition) is 1. The molecule has 0 aromatic carbocycles. The van der Waals surface area contributed by atoms with Crippen LogP contribution < -0.4 is 5.73 Å². The van der Waals surface area contributed by atoms with E-state index < -0.39 is 0 Å². The van der Waals surface area contributed by atoms with Gasteiger partial charge in [-0.1, -0.05) is 13.3 Å². The molecule has 0 bridgehead atoms. The summed E-state index contributed by atoms with van der Waals surface area (Å²) in [6.45, 7) is 6.05. The maximum absolute atomic E-state index is 6.10. The predicted octanol–water partition coefficient (Wildman–Crippen LogP) is 1.60. The van der Waals surface area contributed by atoms with E-state index in [0.717, 1.165) is 12.5 Å². The van der Waals surface area contributed by atoms with E-state index in [2.05, 4.69) is 11.8 Å². The Kier molecular flexibility index (Phi) is 2.61. The number of nitrogens with two attached hydrogens (primary N) is 1. The van der Waals surface area contributed by atoms with Crippen molar-refractivity contribution < 1.29 is 0 Å². The summed E-state index contributed by atoms with van der Waals surface area (Å²) in [5.41, 5.74) is 6.32. The van der Waals surface area contributed by atoms with Gasteiger partial charge in [-0.15, -0.1) is 0 Å². The average molecular weight is 182 g/mol. The Morgan fingerprint density at radius 1 is 1.31 bits per heavy atom. The van der Waals surface area contributed by atoms with Gasteiger partial charge in [0.2, 0.25) is 0 Å². The van der Waals surface area contributed by atoms with Gasteiger partial charge in [0, 0.05) is 12.1 Å². The predicted molar refractivity (Wildman–Crippen MR) is 55.6 cm³/mol. The third kappa shape index (κ3) is 2.44. The van der Waals surface area contributed by atoms with Gasteiger partial charge in [-0.2, -0.15) is 0 Å². The van der Waals surface area contributed by atoms with Crippen LogP contribution >= 0.6 is 0 Å². The molecular formula is C11H22N2. The van der Waals surface area contributed by atoms with Crippen LogP contribution in [0.15, 0.2) is 0 Å². The summed E-state index contributed by atoms with van der Waals surface area (Å²) < 4.78 is 0. The minimum Gasteiger partial charge on any atom is -0.324 e. The Morgan fingerprint density at radius 2 is 1.92 bits per heavy atom. The largest absolute Gasteiger partial charge is 0.324 e. The molecule has 2 nitrogen and oxygen atoms in total. The molecule has 2 rings (SSSR count). The van der Waals surface area contributed by atoms with Gasteiger partial charge in [-0.05, 0) is 44.7 Å². The Morgan fingerprint density at radius 3 is 2.38 bits per heavy atom. The molecule has 0 radical (unpaired) electrons.